The molecule has 2 aromatic heterocycles. The average molecular weight is 467 g/mol. The maximum absolute atomic E-state index is 13.1. The first-order valence-corrected chi connectivity index (χ1v) is 12.1. The van der Waals surface area contributed by atoms with Crippen LogP contribution in [0.3, 0.4) is 0 Å². The average Bonchev–Trinajstić information content (AvgIpc) is 3.20. The van der Waals surface area contributed by atoms with Crippen LogP contribution in [-0.4, -0.2) is 54.3 Å². The van der Waals surface area contributed by atoms with Gasteiger partial charge >= 0.3 is 0 Å². The molecule has 2 aromatic carbocycles. The van der Waals surface area contributed by atoms with Crippen molar-refractivity contribution in [1.29, 1.82) is 0 Å². The lowest BCUT2D eigenvalue weighted by atomic mass is 10.2. The standard InChI is InChI=1S/C24H26N4O2S2/c1-30-18-9-7-17(8-10-18)27-15-13-26(14-16-27)11-4-12-28-23(29)22-21(25-24(28)31)19-5-2-3-6-20(19)32-22/h2-3,5-10H,4,11-16H2,1H3,(H,25,31). The largest absolute Gasteiger partial charge is 0.497 e. The number of thiophene rings is 1. The van der Waals surface area contributed by atoms with Gasteiger partial charge in [-0.3, -0.25) is 14.3 Å². The molecule has 4 aromatic rings. The molecule has 0 saturated carbocycles. The molecular formula is C24H26N4O2S2. The minimum Gasteiger partial charge on any atom is -0.497 e. The fourth-order valence-electron chi connectivity index (χ4n) is 4.39. The Morgan fingerprint density at radius 1 is 1.03 bits per heavy atom. The molecule has 0 aliphatic carbocycles. The molecule has 1 N–H and O–H groups in total. The third-order valence-electron chi connectivity index (χ3n) is 6.18. The van der Waals surface area contributed by atoms with Crippen molar-refractivity contribution < 1.29 is 4.74 Å². The van der Waals surface area contributed by atoms with Crippen molar-refractivity contribution >= 4 is 49.5 Å². The van der Waals surface area contributed by atoms with Gasteiger partial charge in [0.15, 0.2) is 4.77 Å². The molecule has 0 radical (unpaired) electrons. The number of benzene rings is 2. The van der Waals surface area contributed by atoms with Crippen LogP contribution in [0, 0.1) is 4.77 Å². The van der Waals surface area contributed by atoms with Gasteiger partial charge in [0.2, 0.25) is 0 Å². The SMILES string of the molecule is COc1ccc(N2CCN(CCCn3c(=S)[nH]c4c(sc5ccccc54)c3=O)CC2)cc1. The number of hydrogen-bond acceptors (Lipinski definition) is 6. The number of ether oxygens (including phenoxy) is 1. The lowest BCUT2D eigenvalue weighted by Gasteiger charge is -2.36. The second-order valence-electron chi connectivity index (χ2n) is 8.07. The number of methoxy groups -OCH3 is 1. The van der Waals surface area contributed by atoms with Crippen molar-refractivity contribution in [2.75, 3.05) is 44.7 Å². The van der Waals surface area contributed by atoms with Gasteiger partial charge < -0.3 is 14.6 Å². The van der Waals surface area contributed by atoms with E-state index in [4.69, 9.17) is 17.0 Å². The number of hydrogen-bond donors (Lipinski definition) is 1. The van der Waals surface area contributed by atoms with E-state index in [2.05, 4.69) is 26.9 Å². The summed E-state index contributed by atoms with van der Waals surface area (Å²) in [5.74, 6) is 0.884. The molecule has 166 valence electrons. The molecule has 5 rings (SSSR count). The van der Waals surface area contributed by atoms with Gasteiger partial charge in [-0.15, -0.1) is 11.3 Å². The number of fused-ring (bicyclic) bond motifs is 3. The summed E-state index contributed by atoms with van der Waals surface area (Å²) < 4.78 is 9.35. The first-order chi connectivity index (χ1) is 15.6. The quantitative estimate of drug-likeness (QED) is 0.424. The van der Waals surface area contributed by atoms with Crippen LogP contribution in [0.25, 0.3) is 20.3 Å². The minimum atomic E-state index is 0.0225. The maximum atomic E-state index is 13.1. The number of rotatable bonds is 6. The third kappa shape index (κ3) is 4.05. The molecular weight excluding hydrogens is 440 g/mol. The van der Waals surface area contributed by atoms with Crippen LogP contribution in [0.4, 0.5) is 5.69 Å². The van der Waals surface area contributed by atoms with Crippen LogP contribution in [-0.2, 0) is 6.54 Å². The minimum absolute atomic E-state index is 0.0225. The molecule has 6 nitrogen and oxygen atoms in total. The Bertz CT molecular complexity index is 1350. The highest BCUT2D eigenvalue weighted by atomic mass is 32.1. The Balaban J connectivity index is 1.21. The van der Waals surface area contributed by atoms with E-state index in [0.29, 0.717) is 11.3 Å². The zero-order chi connectivity index (χ0) is 22.1. The molecule has 0 unspecified atom stereocenters. The number of aromatic nitrogens is 2. The van der Waals surface area contributed by atoms with Crippen LogP contribution in [0.5, 0.6) is 5.75 Å². The van der Waals surface area contributed by atoms with Gasteiger partial charge in [0.1, 0.15) is 10.4 Å². The number of nitrogens with zero attached hydrogens (tertiary/aromatic N) is 3. The fourth-order valence-corrected chi connectivity index (χ4v) is 5.77. The van der Waals surface area contributed by atoms with E-state index in [1.807, 2.05) is 36.4 Å². The van der Waals surface area contributed by atoms with Crippen molar-refractivity contribution in [3.8, 4) is 5.75 Å². The topological polar surface area (TPSA) is 53.5 Å². The molecule has 8 heteroatoms. The van der Waals surface area contributed by atoms with E-state index >= 15 is 0 Å². The number of aromatic amines is 1. The predicted octanol–water partition coefficient (Wildman–Crippen LogP) is 4.49. The number of H-pyrrole nitrogens is 1. The van der Waals surface area contributed by atoms with Crippen molar-refractivity contribution in [1.82, 2.24) is 14.5 Å². The summed E-state index contributed by atoms with van der Waals surface area (Å²) in [4.78, 5) is 21.3. The van der Waals surface area contributed by atoms with Crippen molar-refractivity contribution in [2.24, 2.45) is 0 Å². The molecule has 1 aliphatic heterocycles. The van der Waals surface area contributed by atoms with Crippen molar-refractivity contribution in [3.63, 3.8) is 0 Å². The first kappa shape index (κ1) is 21.2. The van der Waals surface area contributed by atoms with Gasteiger partial charge in [-0.25, -0.2) is 0 Å². The van der Waals surface area contributed by atoms with Gasteiger partial charge in [-0.1, -0.05) is 18.2 Å². The van der Waals surface area contributed by atoms with E-state index in [1.165, 1.54) is 17.0 Å². The van der Waals surface area contributed by atoms with Crippen LogP contribution in [0.15, 0.2) is 53.3 Å². The summed E-state index contributed by atoms with van der Waals surface area (Å²) in [6.07, 6.45) is 0.899. The fraction of sp³-hybridized carbons (Fsp3) is 0.333. The second kappa shape index (κ2) is 9.05. The summed E-state index contributed by atoms with van der Waals surface area (Å²) in [6, 6.07) is 16.3. The van der Waals surface area contributed by atoms with E-state index < -0.39 is 0 Å². The van der Waals surface area contributed by atoms with E-state index in [0.717, 1.165) is 65.2 Å². The van der Waals surface area contributed by atoms with Gasteiger partial charge in [0.05, 0.1) is 12.6 Å². The van der Waals surface area contributed by atoms with Gasteiger partial charge in [0, 0.05) is 48.5 Å². The molecule has 32 heavy (non-hydrogen) atoms. The molecule has 1 fully saturated rings. The summed E-state index contributed by atoms with van der Waals surface area (Å²) in [6.45, 7) is 5.63. The van der Waals surface area contributed by atoms with Crippen molar-refractivity contribution in [3.05, 3.63) is 63.7 Å². The molecule has 0 amide bonds. The lowest BCUT2D eigenvalue weighted by molar-refractivity contribution is 0.250. The van der Waals surface area contributed by atoms with E-state index in [9.17, 15) is 4.79 Å². The van der Waals surface area contributed by atoms with Crippen LogP contribution < -0.4 is 15.2 Å². The van der Waals surface area contributed by atoms with Gasteiger partial charge in [-0.05, 0) is 55.5 Å². The third-order valence-corrected chi connectivity index (χ3v) is 7.66. The summed E-state index contributed by atoms with van der Waals surface area (Å²) in [7, 11) is 1.69. The highest BCUT2D eigenvalue weighted by Gasteiger charge is 2.17. The number of nitrogens with one attached hydrogen (secondary N) is 1. The molecule has 1 saturated heterocycles. The van der Waals surface area contributed by atoms with Crippen LogP contribution in [0.1, 0.15) is 6.42 Å². The predicted molar refractivity (Wildman–Crippen MR) is 135 cm³/mol. The van der Waals surface area contributed by atoms with Crippen molar-refractivity contribution in [2.45, 2.75) is 13.0 Å². The molecule has 0 spiro atoms. The number of anilines is 1. The van der Waals surface area contributed by atoms with E-state index in [-0.39, 0.29) is 5.56 Å². The van der Waals surface area contributed by atoms with Crippen LogP contribution in [0.2, 0.25) is 0 Å². The molecule has 0 bridgehead atoms. The number of piperazine rings is 1. The van der Waals surface area contributed by atoms with Gasteiger partial charge in [-0.2, -0.15) is 0 Å². The second-order valence-corrected chi connectivity index (χ2v) is 9.51. The lowest BCUT2D eigenvalue weighted by Crippen LogP contribution is -2.46. The molecule has 0 atom stereocenters. The summed E-state index contributed by atoms with van der Waals surface area (Å²) >= 11 is 7.07. The normalized spacial score (nSPS) is 15.0. The highest BCUT2D eigenvalue weighted by Crippen LogP contribution is 2.30. The van der Waals surface area contributed by atoms with Crippen LogP contribution >= 0.6 is 23.6 Å². The maximum Gasteiger partial charge on any atom is 0.272 e. The monoisotopic (exact) mass is 466 g/mol. The van der Waals surface area contributed by atoms with Gasteiger partial charge in [0.25, 0.3) is 5.56 Å². The molecule has 1 aliphatic rings. The zero-order valence-corrected chi connectivity index (χ0v) is 19.7. The Morgan fingerprint density at radius 3 is 2.53 bits per heavy atom. The highest BCUT2D eigenvalue weighted by molar-refractivity contribution is 7.71. The Hall–Kier alpha value is -2.68. The molecule has 3 heterocycles. The Kier molecular flexibility index (Phi) is 5.99. The van der Waals surface area contributed by atoms with E-state index in [1.54, 1.807) is 11.7 Å². The zero-order valence-electron chi connectivity index (χ0n) is 18.0. The summed E-state index contributed by atoms with van der Waals surface area (Å²) in [5, 5.41) is 1.07. The summed E-state index contributed by atoms with van der Waals surface area (Å²) in [5.41, 5.74) is 2.13. The Labute approximate surface area is 195 Å². The first-order valence-electron chi connectivity index (χ1n) is 10.9. The Morgan fingerprint density at radius 2 is 1.78 bits per heavy atom. The smallest absolute Gasteiger partial charge is 0.272 e.